The molecule has 0 aromatic carbocycles. The molecule has 5 nitrogen and oxygen atoms in total. The van der Waals surface area contributed by atoms with Gasteiger partial charge in [-0.1, -0.05) is 0 Å². The summed E-state index contributed by atoms with van der Waals surface area (Å²) in [5.74, 6) is -2.38. The van der Waals surface area contributed by atoms with Gasteiger partial charge in [0.1, 0.15) is 5.54 Å². The zero-order valence-corrected chi connectivity index (χ0v) is 12.2. The smallest absolute Gasteiger partial charge is 0.375 e. The molecule has 2 spiro atoms. The molecular formula is C14H19F3N2O3. The van der Waals surface area contributed by atoms with Gasteiger partial charge in [-0.3, -0.25) is 9.59 Å². The van der Waals surface area contributed by atoms with E-state index in [4.69, 9.17) is 4.74 Å². The summed E-state index contributed by atoms with van der Waals surface area (Å²) >= 11 is 0. The van der Waals surface area contributed by atoms with Crippen molar-refractivity contribution in [1.82, 2.24) is 10.2 Å². The maximum Gasteiger partial charge on any atom is 0.471 e. The molecule has 124 valence electrons. The Balaban J connectivity index is 1.84. The summed E-state index contributed by atoms with van der Waals surface area (Å²) in [6, 6.07) is 0. The third kappa shape index (κ3) is 2.37. The average molecular weight is 320 g/mol. The summed E-state index contributed by atoms with van der Waals surface area (Å²) in [4.78, 5) is 24.8. The van der Waals surface area contributed by atoms with Gasteiger partial charge in [-0.15, -0.1) is 0 Å². The highest BCUT2D eigenvalue weighted by Crippen LogP contribution is 2.46. The van der Waals surface area contributed by atoms with Gasteiger partial charge >= 0.3 is 12.1 Å². The van der Waals surface area contributed by atoms with Crippen LogP contribution in [0, 0.1) is 0 Å². The second kappa shape index (κ2) is 5.11. The van der Waals surface area contributed by atoms with Crippen molar-refractivity contribution in [2.24, 2.45) is 0 Å². The van der Waals surface area contributed by atoms with E-state index in [1.165, 1.54) is 0 Å². The first-order valence-corrected chi connectivity index (χ1v) is 7.60. The van der Waals surface area contributed by atoms with E-state index in [1.807, 2.05) is 0 Å². The molecule has 0 aromatic rings. The molecule has 2 aliphatic heterocycles. The van der Waals surface area contributed by atoms with Crippen LogP contribution in [0.25, 0.3) is 0 Å². The number of rotatable bonds is 0. The number of alkyl halides is 3. The number of amides is 2. The van der Waals surface area contributed by atoms with Crippen LogP contribution >= 0.6 is 0 Å². The van der Waals surface area contributed by atoms with Crippen LogP contribution in [0.4, 0.5) is 13.2 Å². The van der Waals surface area contributed by atoms with Gasteiger partial charge in [0.25, 0.3) is 0 Å². The molecule has 0 bridgehead atoms. The van der Waals surface area contributed by atoms with E-state index >= 15 is 0 Å². The predicted octanol–water partition coefficient (Wildman–Crippen LogP) is 1.37. The lowest BCUT2D eigenvalue weighted by atomic mass is 9.71. The Morgan fingerprint density at radius 1 is 1.18 bits per heavy atom. The minimum absolute atomic E-state index is 0.0596. The van der Waals surface area contributed by atoms with Gasteiger partial charge in [-0.25, -0.2) is 0 Å². The Kier molecular flexibility index (Phi) is 3.62. The quantitative estimate of drug-likeness (QED) is 0.733. The van der Waals surface area contributed by atoms with Crippen molar-refractivity contribution in [2.45, 2.75) is 55.8 Å². The van der Waals surface area contributed by atoms with Gasteiger partial charge in [0.15, 0.2) is 0 Å². The highest BCUT2D eigenvalue weighted by atomic mass is 19.4. The molecule has 2 saturated heterocycles. The van der Waals surface area contributed by atoms with Crippen LogP contribution in [0.3, 0.4) is 0 Å². The maximum absolute atomic E-state index is 12.8. The van der Waals surface area contributed by atoms with E-state index in [1.54, 1.807) is 0 Å². The Hall–Kier alpha value is -1.31. The minimum atomic E-state index is -4.95. The van der Waals surface area contributed by atoms with Crippen molar-refractivity contribution in [3.8, 4) is 0 Å². The van der Waals surface area contributed by atoms with Crippen LogP contribution in [-0.2, 0) is 14.3 Å². The standard InChI is InChI=1S/C14H19F3N2O3/c15-14(16,17)11(21)19-8-7-18-10(20)13(19)5-3-12(4-6-13)2-1-9-22-12/h1-9H2,(H,18,20). The fourth-order valence-electron chi connectivity index (χ4n) is 4.00. The SMILES string of the molecule is O=C(N1CCNC(=O)C12CCC1(CCCO1)CC2)C(F)(F)F. The van der Waals surface area contributed by atoms with E-state index in [0.717, 1.165) is 17.7 Å². The number of carbonyl (C=O) groups is 2. The summed E-state index contributed by atoms with van der Waals surface area (Å²) in [7, 11) is 0. The topological polar surface area (TPSA) is 58.6 Å². The summed E-state index contributed by atoms with van der Waals surface area (Å²) in [5, 5.41) is 2.62. The molecule has 1 saturated carbocycles. The first kappa shape index (κ1) is 15.6. The van der Waals surface area contributed by atoms with E-state index in [0.29, 0.717) is 19.4 Å². The first-order valence-electron chi connectivity index (χ1n) is 7.60. The summed E-state index contributed by atoms with van der Waals surface area (Å²) in [6.45, 7) is 0.617. The highest BCUT2D eigenvalue weighted by Gasteiger charge is 2.58. The molecular weight excluding hydrogens is 301 g/mol. The number of hydrogen-bond donors (Lipinski definition) is 1. The molecule has 22 heavy (non-hydrogen) atoms. The largest absolute Gasteiger partial charge is 0.471 e. The van der Waals surface area contributed by atoms with E-state index in [9.17, 15) is 22.8 Å². The van der Waals surface area contributed by atoms with Gasteiger partial charge in [0.05, 0.1) is 5.60 Å². The molecule has 0 radical (unpaired) electrons. The number of hydrogen-bond acceptors (Lipinski definition) is 3. The number of carbonyl (C=O) groups excluding carboxylic acids is 2. The molecule has 2 heterocycles. The molecule has 0 atom stereocenters. The van der Waals surface area contributed by atoms with Crippen molar-refractivity contribution < 1.29 is 27.5 Å². The number of halogens is 3. The lowest BCUT2D eigenvalue weighted by Gasteiger charge is -2.51. The van der Waals surface area contributed by atoms with E-state index in [-0.39, 0.29) is 31.5 Å². The number of nitrogens with one attached hydrogen (secondary N) is 1. The van der Waals surface area contributed by atoms with Crippen molar-refractivity contribution in [3.05, 3.63) is 0 Å². The molecule has 1 N–H and O–H groups in total. The van der Waals surface area contributed by atoms with Gasteiger partial charge in [-0.05, 0) is 38.5 Å². The molecule has 0 unspecified atom stereocenters. The lowest BCUT2D eigenvalue weighted by molar-refractivity contribution is -0.198. The molecule has 1 aliphatic carbocycles. The lowest BCUT2D eigenvalue weighted by Crippen LogP contribution is -2.69. The van der Waals surface area contributed by atoms with E-state index in [2.05, 4.69) is 5.32 Å². The Labute approximate surface area is 126 Å². The van der Waals surface area contributed by atoms with E-state index < -0.39 is 23.5 Å². The molecule has 8 heteroatoms. The Morgan fingerprint density at radius 2 is 1.86 bits per heavy atom. The van der Waals surface area contributed by atoms with Crippen molar-refractivity contribution in [2.75, 3.05) is 19.7 Å². The summed E-state index contributed by atoms with van der Waals surface area (Å²) in [5.41, 5.74) is -1.68. The minimum Gasteiger partial charge on any atom is -0.375 e. The van der Waals surface area contributed by atoms with Crippen molar-refractivity contribution in [1.29, 1.82) is 0 Å². The van der Waals surface area contributed by atoms with Crippen LogP contribution in [-0.4, -0.2) is 53.7 Å². The normalized spacial score (nSPS) is 36.0. The Morgan fingerprint density at radius 3 is 2.41 bits per heavy atom. The first-order chi connectivity index (χ1) is 10.3. The van der Waals surface area contributed by atoms with Gasteiger partial charge in [-0.2, -0.15) is 13.2 Å². The van der Waals surface area contributed by atoms with Crippen LogP contribution in [0.2, 0.25) is 0 Å². The second-order valence-electron chi connectivity index (χ2n) is 6.38. The zero-order valence-electron chi connectivity index (χ0n) is 12.2. The molecule has 3 fully saturated rings. The molecule has 0 aromatic heterocycles. The van der Waals surface area contributed by atoms with Crippen LogP contribution in [0.1, 0.15) is 38.5 Å². The van der Waals surface area contributed by atoms with Crippen LogP contribution in [0.15, 0.2) is 0 Å². The monoisotopic (exact) mass is 320 g/mol. The number of nitrogens with zero attached hydrogens (tertiary/aromatic N) is 1. The molecule has 3 aliphatic rings. The second-order valence-corrected chi connectivity index (χ2v) is 6.38. The highest BCUT2D eigenvalue weighted by molar-refractivity contribution is 5.94. The average Bonchev–Trinajstić information content (AvgIpc) is 2.92. The van der Waals surface area contributed by atoms with Gasteiger partial charge < -0.3 is 15.0 Å². The Bertz CT molecular complexity index is 476. The van der Waals surface area contributed by atoms with Gasteiger partial charge in [0.2, 0.25) is 5.91 Å². The predicted molar refractivity (Wildman–Crippen MR) is 69.9 cm³/mol. The number of ether oxygens (including phenoxy) is 1. The zero-order chi connectivity index (χ0) is 16.0. The van der Waals surface area contributed by atoms with Crippen LogP contribution in [0.5, 0.6) is 0 Å². The van der Waals surface area contributed by atoms with Crippen LogP contribution < -0.4 is 5.32 Å². The van der Waals surface area contributed by atoms with Gasteiger partial charge in [0, 0.05) is 19.7 Å². The maximum atomic E-state index is 12.8. The third-order valence-corrected chi connectivity index (χ3v) is 5.22. The molecule has 2 amide bonds. The fourth-order valence-corrected chi connectivity index (χ4v) is 4.00. The number of piperazine rings is 1. The fraction of sp³-hybridized carbons (Fsp3) is 0.857. The summed E-state index contributed by atoms with van der Waals surface area (Å²) in [6.07, 6.45) is -1.67. The van der Waals surface area contributed by atoms with Crippen molar-refractivity contribution >= 4 is 11.8 Å². The third-order valence-electron chi connectivity index (χ3n) is 5.22. The molecule has 3 rings (SSSR count). The summed E-state index contributed by atoms with van der Waals surface area (Å²) < 4.78 is 44.3. The van der Waals surface area contributed by atoms with Crippen molar-refractivity contribution in [3.63, 3.8) is 0 Å².